The molecule has 0 fully saturated rings. The maximum atomic E-state index is 13.9. The molecule has 2 rings (SSSR count). The fourth-order valence-electron chi connectivity index (χ4n) is 4.93. The third-order valence-electron chi connectivity index (χ3n) is 7.87. The van der Waals surface area contributed by atoms with Crippen LogP contribution in [0.4, 0.5) is 0 Å². The highest BCUT2D eigenvalue weighted by Crippen LogP contribution is 2.45. The van der Waals surface area contributed by atoms with E-state index in [2.05, 4.69) is 46.5 Å². The first-order chi connectivity index (χ1) is 26.2. The number of benzene rings is 1. The van der Waals surface area contributed by atoms with Crippen LogP contribution in [-0.2, 0) is 38.4 Å². The molecule has 0 bridgehead atoms. The minimum atomic E-state index is -1.95. The van der Waals surface area contributed by atoms with E-state index in [-0.39, 0.29) is 11.5 Å². The summed E-state index contributed by atoms with van der Waals surface area (Å²) >= 11 is 7.85. The monoisotopic (exact) mass is 830 g/mol. The Morgan fingerprint density at radius 2 is 0.929 bits per heavy atom. The summed E-state index contributed by atoms with van der Waals surface area (Å²) in [6.45, 7) is -0.498. The van der Waals surface area contributed by atoms with Crippen LogP contribution in [0.15, 0.2) is 11.4 Å². The summed E-state index contributed by atoms with van der Waals surface area (Å²) < 4.78 is 0. The number of hydrogen-bond acceptors (Lipinski definition) is 17. The zero-order chi connectivity index (χ0) is 42.6. The predicted molar refractivity (Wildman–Crippen MR) is 192 cm³/mol. The largest absolute Gasteiger partial charge is 0.507 e. The summed E-state index contributed by atoms with van der Waals surface area (Å²) in [4.78, 5) is 124. The third kappa shape index (κ3) is 11.9. The van der Waals surface area contributed by atoms with Gasteiger partial charge in [0.1, 0.15) is 54.4 Å². The quantitative estimate of drug-likeness (QED) is 0.0307. The molecule has 0 spiro atoms. The number of rotatable bonds is 22. The van der Waals surface area contributed by atoms with Gasteiger partial charge in [-0.05, 0) is 19.8 Å². The van der Waals surface area contributed by atoms with E-state index in [0.717, 1.165) is 6.92 Å². The number of amides is 4. The number of ketones is 2. The molecule has 25 heteroatoms. The van der Waals surface area contributed by atoms with Gasteiger partial charge in [-0.1, -0.05) is 0 Å². The number of phenolic OH excluding ortho intramolecular Hbond substituents is 3. The van der Waals surface area contributed by atoms with E-state index >= 15 is 0 Å². The van der Waals surface area contributed by atoms with E-state index in [4.69, 9.17) is 10.2 Å². The van der Waals surface area contributed by atoms with Crippen LogP contribution in [0.1, 0.15) is 52.0 Å². The topological polar surface area (TPSA) is 384 Å². The molecule has 0 aliphatic heterocycles. The lowest BCUT2D eigenvalue weighted by atomic mass is 9.86. The number of Topliss-reactive ketones (excluding diaryl/α,β-unsaturated/α-hetero) is 2. The highest BCUT2D eigenvalue weighted by Gasteiger charge is 2.42. The number of allylic oxidation sites excluding steroid dienone is 2. The van der Waals surface area contributed by atoms with Crippen LogP contribution >= 0.6 is 25.3 Å². The number of aliphatic carboxylic acids is 4. The van der Waals surface area contributed by atoms with Gasteiger partial charge in [-0.15, -0.1) is 0 Å². The molecule has 1 aromatic carbocycles. The van der Waals surface area contributed by atoms with Crippen molar-refractivity contribution < 1.29 is 83.7 Å². The highest BCUT2D eigenvalue weighted by molar-refractivity contribution is 7.80. The highest BCUT2D eigenvalue weighted by atomic mass is 32.1. The zero-order valence-corrected chi connectivity index (χ0v) is 30.9. The first-order valence-corrected chi connectivity index (χ1v) is 17.3. The molecule has 0 radical (unpaired) electrons. The standard InChI is InChI=1S/C31H38N6O17S2/c1-10-23(44)19-20(27(48)24(10)45)26(47)22(37-12(31(53)54)3-5-16(39)35-14(9-56)29(50)33-7-18(42)43)21(25(19)46)36-11(30(51)52)2-4-15(38)34-13(8-55)28(49)32-6-17(40)41/h11-14,36-37,44-45,48,55-56H,2-9H2,1H3,(H,32,49)(H,33,50)(H,34,38)(H,35,39)(H,40,41)(H,42,43)(H,51,52)(H,53,54)/t11-,12-,13-,14-/m0/s1. The van der Waals surface area contributed by atoms with Gasteiger partial charge < -0.3 is 67.6 Å². The molecule has 13 N–H and O–H groups in total. The minimum absolute atomic E-state index is 0.300. The molecule has 4 amide bonds. The molecule has 0 saturated carbocycles. The smallest absolute Gasteiger partial charge is 0.326 e. The summed E-state index contributed by atoms with van der Waals surface area (Å²) in [5.74, 6) is -16.6. The number of aromatic hydroxyl groups is 3. The Bertz CT molecular complexity index is 1720. The van der Waals surface area contributed by atoms with E-state index in [1.54, 1.807) is 0 Å². The van der Waals surface area contributed by atoms with Gasteiger partial charge in [-0.2, -0.15) is 25.3 Å². The Morgan fingerprint density at radius 3 is 1.25 bits per heavy atom. The molecule has 1 aliphatic carbocycles. The Labute approximate surface area is 326 Å². The van der Waals surface area contributed by atoms with Crippen LogP contribution in [0.25, 0.3) is 0 Å². The molecule has 1 aromatic rings. The molecule has 56 heavy (non-hydrogen) atoms. The van der Waals surface area contributed by atoms with Gasteiger partial charge in [-0.25, -0.2) is 9.59 Å². The number of fused-ring (bicyclic) bond motifs is 1. The molecular weight excluding hydrogens is 792 g/mol. The molecular formula is C31H38N6O17S2. The summed E-state index contributed by atoms with van der Waals surface area (Å²) in [7, 11) is 0. The van der Waals surface area contributed by atoms with Crippen molar-refractivity contribution in [3.8, 4) is 17.2 Å². The van der Waals surface area contributed by atoms with Gasteiger partial charge >= 0.3 is 23.9 Å². The van der Waals surface area contributed by atoms with Crippen molar-refractivity contribution in [2.75, 3.05) is 24.6 Å². The summed E-state index contributed by atoms with van der Waals surface area (Å²) in [6.07, 6.45) is -2.73. The fraction of sp³-hybridized carbons (Fsp3) is 0.419. The Morgan fingerprint density at radius 1 is 0.571 bits per heavy atom. The maximum absolute atomic E-state index is 13.9. The Kier molecular flexibility index (Phi) is 16.8. The number of hydrogen-bond donors (Lipinski definition) is 15. The van der Waals surface area contributed by atoms with Gasteiger partial charge in [0.2, 0.25) is 35.2 Å². The summed E-state index contributed by atoms with van der Waals surface area (Å²) in [5.41, 5.74) is -4.36. The van der Waals surface area contributed by atoms with Crippen molar-refractivity contribution in [1.29, 1.82) is 0 Å². The maximum Gasteiger partial charge on any atom is 0.326 e. The number of carbonyl (C=O) groups excluding carboxylic acids is 6. The molecule has 23 nitrogen and oxygen atoms in total. The second kappa shape index (κ2) is 20.4. The predicted octanol–water partition coefficient (Wildman–Crippen LogP) is -3.42. The number of carboxylic acid groups (broad SMARTS) is 4. The van der Waals surface area contributed by atoms with E-state index in [1.165, 1.54) is 0 Å². The third-order valence-corrected chi connectivity index (χ3v) is 8.60. The second-order valence-corrected chi connectivity index (χ2v) is 12.5. The molecule has 0 aromatic heterocycles. The average Bonchev–Trinajstić information content (AvgIpc) is 3.13. The molecule has 0 unspecified atom stereocenters. The summed E-state index contributed by atoms with van der Waals surface area (Å²) in [6, 6.07) is -6.59. The second-order valence-electron chi connectivity index (χ2n) is 11.8. The lowest BCUT2D eigenvalue weighted by Crippen LogP contribution is -2.50. The number of thiol groups is 2. The van der Waals surface area contributed by atoms with Gasteiger partial charge in [0.15, 0.2) is 11.5 Å². The van der Waals surface area contributed by atoms with Crippen molar-refractivity contribution in [2.24, 2.45) is 0 Å². The van der Waals surface area contributed by atoms with Crippen LogP contribution in [0, 0.1) is 6.92 Å². The van der Waals surface area contributed by atoms with Gasteiger partial charge in [0.25, 0.3) is 0 Å². The van der Waals surface area contributed by atoms with E-state index in [1.807, 2.05) is 10.6 Å². The molecule has 1 aliphatic rings. The average molecular weight is 831 g/mol. The molecule has 4 atom stereocenters. The SMILES string of the molecule is Cc1c(O)c(O)c2c(c1O)C(=O)C(N[C@@H](CCC(=O)N[C@@H](CS)C(=O)NCC(=O)O)C(=O)O)=C(N[C@@H](CCC(=O)N[C@@H](CS)C(=O)NCC(=O)O)C(=O)O)C2=O. The minimum Gasteiger partial charge on any atom is -0.507 e. The van der Waals surface area contributed by atoms with E-state index in [0.29, 0.717) is 0 Å². The number of carboxylic acids is 4. The van der Waals surface area contributed by atoms with Gasteiger partial charge in [0, 0.05) is 29.9 Å². The van der Waals surface area contributed by atoms with Crippen LogP contribution in [0.2, 0.25) is 0 Å². The Balaban J connectivity index is 2.47. The molecule has 0 heterocycles. The van der Waals surface area contributed by atoms with E-state index < -0.39 is 167 Å². The van der Waals surface area contributed by atoms with Crippen molar-refractivity contribution in [3.05, 3.63) is 28.1 Å². The van der Waals surface area contributed by atoms with Crippen molar-refractivity contribution in [2.45, 2.75) is 56.8 Å². The molecule has 306 valence electrons. The fourth-order valence-corrected chi connectivity index (χ4v) is 5.45. The normalized spacial score (nSPS) is 14.3. The number of nitrogens with one attached hydrogen (secondary N) is 6. The lowest BCUT2D eigenvalue weighted by molar-refractivity contribution is -0.141. The van der Waals surface area contributed by atoms with Crippen LogP contribution in [0.5, 0.6) is 17.2 Å². The van der Waals surface area contributed by atoms with Crippen molar-refractivity contribution >= 4 is 84.3 Å². The van der Waals surface area contributed by atoms with Crippen LogP contribution < -0.4 is 31.9 Å². The number of carbonyl (C=O) groups is 10. The van der Waals surface area contributed by atoms with E-state index in [9.17, 15) is 73.5 Å². The van der Waals surface area contributed by atoms with Gasteiger partial charge in [0.05, 0.1) is 11.1 Å². The van der Waals surface area contributed by atoms with Crippen molar-refractivity contribution in [1.82, 2.24) is 31.9 Å². The summed E-state index contributed by atoms with van der Waals surface area (Å²) in [5, 5.41) is 82.1. The lowest BCUT2D eigenvalue weighted by Gasteiger charge is -2.28. The number of phenols is 3. The first-order valence-electron chi connectivity index (χ1n) is 16.1. The Hall–Kier alpha value is -6.24. The first kappa shape index (κ1) is 45.9. The van der Waals surface area contributed by atoms with Gasteiger partial charge in [-0.3, -0.25) is 38.4 Å². The van der Waals surface area contributed by atoms with Crippen molar-refractivity contribution in [3.63, 3.8) is 0 Å². The zero-order valence-electron chi connectivity index (χ0n) is 29.1. The van der Waals surface area contributed by atoms with Crippen LogP contribution in [-0.4, -0.2) is 144 Å². The van der Waals surface area contributed by atoms with Crippen LogP contribution in [0.3, 0.4) is 0 Å². The molecule has 0 saturated heterocycles.